The molecule has 35 heavy (non-hydrogen) atoms. The highest BCUT2D eigenvalue weighted by molar-refractivity contribution is 5.75. The minimum absolute atomic E-state index is 0.0492. The van der Waals surface area contributed by atoms with Gasteiger partial charge in [-0.2, -0.15) is 0 Å². The standard InChI is InChI=1S/C28H23F2N3O2/c1-16-2-8-26(32-13-16)18-5-3-17(4-6-18)21-10-19(24(29)12-25(21)30)14-31-20-7-9-27(33-15-20)22-11-23(22)28(34)35/h2-10,12-13,15,22-23,31H,11,14H2,1H3,(H,34,35)/t22-,23-/m0/s1. The number of aryl methyl sites for hydroxylation is 1. The number of aromatic nitrogens is 2. The first-order valence-electron chi connectivity index (χ1n) is 11.3. The van der Waals surface area contributed by atoms with Gasteiger partial charge in [0.2, 0.25) is 0 Å². The Bertz CT molecular complexity index is 1370. The molecule has 2 aromatic heterocycles. The highest BCUT2D eigenvalue weighted by Gasteiger charge is 2.45. The summed E-state index contributed by atoms with van der Waals surface area (Å²) < 4.78 is 29.1. The minimum atomic E-state index is -0.803. The van der Waals surface area contributed by atoms with Crippen LogP contribution in [0.5, 0.6) is 0 Å². The first kappa shape index (κ1) is 22.7. The van der Waals surface area contributed by atoms with E-state index < -0.39 is 17.6 Å². The van der Waals surface area contributed by atoms with Crippen molar-refractivity contribution >= 4 is 11.7 Å². The number of carboxylic acid groups (broad SMARTS) is 1. The van der Waals surface area contributed by atoms with Crippen LogP contribution < -0.4 is 5.32 Å². The fourth-order valence-electron chi connectivity index (χ4n) is 4.13. The molecule has 4 aromatic rings. The number of benzene rings is 2. The van der Waals surface area contributed by atoms with Crippen molar-refractivity contribution in [1.82, 2.24) is 9.97 Å². The molecule has 0 unspecified atom stereocenters. The highest BCUT2D eigenvalue weighted by atomic mass is 19.1. The smallest absolute Gasteiger partial charge is 0.307 e. The van der Waals surface area contributed by atoms with Gasteiger partial charge in [0.1, 0.15) is 11.6 Å². The van der Waals surface area contributed by atoms with Crippen molar-refractivity contribution in [3.8, 4) is 22.4 Å². The Balaban J connectivity index is 1.30. The number of hydrogen-bond donors (Lipinski definition) is 2. The van der Waals surface area contributed by atoms with Crippen LogP contribution in [0.3, 0.4) is 0 Å². The summed E-state index contributed by atoms with van der Waals surface area (Å²) in [6, 6.07) is 17.3. The van der Waals surface area contributed by atoms with Crippen molar-refractivity contribution in [2.24, 2.45) is 5.92 Å². The van der Waals surface area contributed by atoms with Crippen molar-refractivity contribution in [1.29, 1.82) is 0 Å². The maximum atomic E-state index is 14.6. The lowest BCUT2D eigenvalue weighted by molar-refractivity contribution is -0.138. The summed E-state index contributed by atoms with van der Waals surface area (Å²) in [5.41, 5.74) is 5.49. The molecule has 1 aliphatic rings. The molecule has 7 heteroatoms. The molecule has 0 amide bonds. The number of anilines is 1. The van der Waals surface area contributed by atoms with Crippen LogP contribution in [0, 0.1) is 24.5 Å². The van der Waals surface area contributed by atoms with Crippen LogP contribution in [0.1, 0.15) is 29.2 Å². The maximum Gasteiger partial charge on any atom is 0.307 e. The molecule has 1 aliphatic carbocycles. The van der Waals surface area contributed by atoms with Crippen molar-refractivity contribution in [2.75, 3.05) is 5.32 Å². The average molecular weight is 472 g/mol. The number of halogens is 2. The van der Waals surface area contributed by atoms with Gasteiger partial charge in [0.15, 0.2) is 0 Å². The van der Waals surface area contributed by atoms with Crippen molar-refractivity contribution in [3.05, 3.63) is 102 Å². The summed E-state index contributed by atoms with van der Waals surface area (Å²) in [4.78, 5) is 19.8. The van der Waals surface area contributed by atoms with Gasteiger partial charge in [0, 0.05) is 47.1 Å². The van der Waals surface area contributed by atoms with Crippen molar-refractivity contribution in [2.45, 2.75) is 25.8 Å². The quantitative estimate of drug-likeness (QED) is 0.336. The number of pyridine rings is 2. The van der Waals surface area contributed by atoms with E-state index in [-0.39, 0.29) is 18.4 Å². The van der Waals surface area contributed by atoms with Crippen LogP contribution in [-0.4, -0.2) is 21.0 Å². The predicted octanol–water partition coefficient (Wildman–Crippen LogP) is 6.20. The van der Waals surface area contributed by atoms with Gasteiger partial charge < -0.3 is 10.4 Å². The second kappa shape index (κ2) is 9.25. The largest absolute Gasteiger partial charge is 0.481 e. The van der Waals surface area contributed by atoms with Gasteiger partial charge in [-0.1, -0.05) is 30.3 Å². The third-order valence-electron chi connectivity index (χ3n) is 6.30. The third-order valence-corrected chi connectivity index (χ3v) is 6.30. The molecule has 2 heterocycles. The molecule has 1 fully saturated rings. The third kappa shape index (κ3) is 4.89. The van der Waals surface area contributed by atoms with E-state index in [4.69, 9.17) is 5.11 Å². The van der Waals surface area contributed by atoms with E-state index in [1.807, 2.05) is 31.2 Å². The van der Waals surface area contributed by atoms with E-state index in [1.165, 1.54) is 6.07 Å². The molecule has 2 aromatic carbocycles. The molecule has 5 nitrogen and oxygen atoms in total. The van der Waals surface area contributed by atoms with E-state index >= 15 is 0 Å². The first-order chi connectivity index (χ1) is 16.9. The molecule has 0 spiro atoms. The van der Waals surface area contributed by atoms with Crippen LogP contribution >= 0.6 is 0 Å². The van der Waals surface area contributed by atoms with Gasteiger partial charge in [0.05, 0.1) is 23.5 Å². The molecular formula is C28H23F2N3O2. The van der Waals surface area contributed by atoms with E-state index in [2.05, 4.69) is 15.3 Å². The van der Waals surface area contributed by atoms with Crippen LogP contribution in [0.4, 0.5) is 14.5 Å². The summed E-state index contributed by atoms with van der Waals surface area (Å²) in [7, 11) is 0. The zero-order valence-corrected chi connectivity index (χ0v) is 19.0. The SMILES string of the molecule is Cc1ccc(-c2ccc(-c3cc(CNc4ccc([C@H]5C[C@@H]5C(=O)O)nc4)c(F)cc3F)cc2)nc1. The van der Waals surface area contributed by atoms with E-state index in [0.717, 1.165) is 28.6 Å². The summed E-state index contributed by atoms with van der Waals surface area (Å²) >= 11 is 0. The van der Waals surface area contributed by atoms with Crippen LogP contribution in [0.25, 0.3) is 22.4 Å². The number of aliphatic carboxylic acids is 1. The van der Waals surface area contributed by atoms with Gasteiger partial charge in [-0.05, 0) is 48.7 Å². The fraction of sp³-hybridized carbons (Fsp3) is 0.179. The lowest BCUT2D eigenvalue weighted by atomic mass is 9.99. The second-order valence-corrected chi connectivity index (χ2v) is 8.83. The Kier molecular flexibility index (Phi) is 5.99. The zero-order valence-electron chi connectivity index (χ0n) is 19.0. The number of nitrogens with one attached hydrogen (secondary N) is 1. The average Bonchev–Trinajstić information content (AvgIpc) is 3.66. The monoisotopic (exact) mass is 471 g/mol. The van der Waals surface area contributed by atoms with Gasteiger partial charge >= 0.3 is 5.97 Å². The van der Waals surface area contributed by atoms with E-state index in [9.17, 15) is 13.6 Å². The molecule has 0 bridgehead atoms. The number of rotatable bonds is 7. The Morgan fingerprint density at radius 1 is 0.971 bits per heavy atom. The Hall–Kier alpha value is -4.13. The van der Waals surface area contributed by atoms with Crippen LogP contribution in [0.2, 0.25) is 0 Å². The summed E-state index contributed by atoms with van der Waals surface area (Å²) in [6.45, 7) is 2.12. The fourth-order valence-corrected chi connectivity index (χ4v) is 4.13. The summed E-state index contributed by atoms with van der Waals surface area (Å²) in [5, 5.41) is 12.2. The van der Waals surface area contributed by atoms with E-state index in [1.54, 1.807) is 36.7 Å². The Morgan fingerprint density at radius 2 is 1.74 bits per heavy atom. The molecule has 0 aliphatic heterocycles. The highest BCUT2D eigenvalue weighted by Crippen LogP contribution is 2.46. The molecule has 5 rings (SSSR count). The van der Waals surface area contributed by atoms with Crippen molar-refractivity contribution < 1.29 is 18.7 Å². The molecule has 2 atom stereocenters. The molecular weight excluding hydrogens is 448 g/mol. The van der Waals surface area contributed by atoms with Crippen LogP contribution in [-0.2, 0) is 11.3 Å². The predicted molar refractivity (Wildman–Crippen MR) is 130 cm³/mol. The number of nitrogens with zero attached hydrogens (tertiary/aromatic N) is 2. The van der Waals surface area contributed by atoms with Crippen molar-refractivity contribution in [3.63, 3.8) is 0 Å². The normalized spacial score (nSPS) is 16.7. The number of carbonyl (C=O) groups is 1. The summed E-state index contributed by atoms with van der Waals surface area (Å²) in [5.74, 6) is -2.48. The van der Waals surface area contributed by atoms with Gasteiger partial charge in [-0.25, -0.2) is 8.78 Å². The molecule has 1 saturated carbocycles. The lowest BCUT2D eigenvalue weighted by Gasteiger charge is -2.12. The topological polar surface area (TPSA) is 75.1 Å². The molecule has 0 radical (unpaired) electrons. The Labute approximate surface area is 201 Å². The number of hydrogen-bond acceptors (Lipinski definition) is 4. The number of carboxylic acids is 1. The van der Waals surface area contributed by atoms with Gasteiger partial charge in [-0.3, -0.25) is 14.8 Å². The molecule has 0 saturated heterocycles. The first-order valence-corrected chi connectivity index (χ1v) is 11.3. The minimum Gasteiger partial charge on any atom is -0.481 e. The van der Waals surface area contributed by atoms with Gasteiger partial charge in [0.25, 0.3) is 0 Å². The summed E-state index contributed by atoms with van der Waals surface area (Å²) in [6.07, 6.45) is 4.00. The zero-order chi connectivity index (χ0) is 24.5. The molecule has 176 valence electrons. The van der Waals surface area contributed by atoms with Gasteiger partial charge in [-0.15, -0.1) is 0 Å². The maximum absolute atomic E-state index is 14.6. The second-order valence-electron chi connectivity index (χ2n) is 8.83. The lowest BCUT2D eigenvalue weighted by Crippen LogP contribution is -2.04. The van der Waals surface area contributed by atoms with Crippen LogP contribution in [0.15, 0.2) is 73.1 Å². The molecule has 2 N–H and O–H groups in total. The Morgan fingerprint density at radius 3 is 2.37 bits per heavy atom. The van der Waals surface area contributed by atoms with E-state index in [0.29, 0.717) is 28.8 Å².